The highest BCUT2D eigenvalue weighted by Gasteiger charge is 1.98. The van der Waals surface area contributed by atoms with Gasteiger partial charge < -0.3 is 0 Å². The summed E-state index contributed by atoms with van der Waals surface area (Å²) in [5.41, 5.74) is 1.64. The van der Waals surface area contributed by atoms with Crippen LogP contribution in [0.3, 0.4) is 0 Å². The maximum atomic E-state index is 10.7. The Morgan fingerprint density at radius 3 is 1.76 bits per heavy atom. The smallest absolute Gasteiger partial charge is 0.243 e. The number of rotatable bonds is 11. The Balaban J connectivity index is 3.03. The molecule has 3 nitrogen and oxygen atoms in total. The molecule has 0 aliphatic rings. The average Bonchev–Trinajstić information content (AvgIpc) is 2.30. The maximum Gasteiger partial charge on any atom is 0.243 e. The summed E-state index contributed by atoms with van der Waals surface area (Å²) in [7, 11) is 0. The summed E-state index contributed by atoms with van der Waals surface area (Å²) >= 11 is 8.97. The third-order valence-corrected chi connectivity index (χ3v) is 3.10. The molecule has 0 bridgehead atoms. The normalized spacial score (nSPS) is 10.2. The van der Waals surface area contributed by atoms with E-state index >= 15 is 0 Å². The number of hydrogen-bond acceptors (Lipinski definition) is 3. The molecule has 0 aromatic rings. The second-order valence-electron chi connectivity index (χ2n) is 4.26. The summed E-state index contributed by atoms with van der Waals surface area (Å²) in [5, 5.41) is 8.28. The Morgan fingerprint density at radius 2 is 1.35 bits per heavy atom. The lowest BCUT2D eigenvalue weighted by Crippen LogP contribution is -2.17. The molecule has 0 aromatic heterocycles. The molecule has 100 valence electrons. The number of amides is 1. The molecule has 0 saturated carbocycles. The molecule has 0 fully saturated rings. The lowest BCUT2D eigenvalue weighted by molar-refractivity contribution is -0.129. The van der Waals surface area contributed by atoms with E-state index in [1.807, 2.05) is 0 Å². The molecule has 5 heteroatoms. The van der Waals surface area contributed by atoms with Gasteiger partial charge in [-0.1, -0.05) is 50.7 Å². The fraction of sp³-hybridized carbons (Fsp3) is 0.833. The number of hydrogen-bond donors (Lipinski definition) is 3. The number of thiol groups is 1. The second-order valence-corrected chi connectivity index (χ2v) is 5.59. The van der Waals surface area contributed by atoms with Crippen molar-refractivity contribution >= 4 is 35.0 Å². The van der Waals surface area contributed by atoms with Crippen LogP contribution >= 0.6 is 24.8 Å². The number of carbonyl (C=O) groups is 1. The van der Waals surface area contributed by atoms with Crippen LogP contribution in [0.4, 0.5) is 0 Å². The zero-order chi connectivity index (χ0) is 12.9. The molecular formula is C12H23NO2S2. The van der Waals surface area contributed by atoms with E-state index in [-0.39, 0.29) is 5.91 Å². The molecule has 2 N–H and O–H groups in total. The zero-order valence-corrected chi connectivity index (χ0v) is 12.0. The van der Waals surface area contributed by atoms with Gasteiger partial charge in [0.05, 0.1) is 0 Å². The second kappa shape index (κ2) is 12.3. The SMILES string of the molecule is O=C(CCCCCCCCCCC(=S)S)NO. The van der Waals surface area contributed by atoms with Crippen LogP contribution in [0, 0.1) is 0 Å². The Labute approximate surface area is 115 Å². The van der Waals surface area contributed by atoms with Gasteiger partial charge in [-0.05, 0) is 19.3 Å². The van der Waals surface area contributed by atoms with Gasteiger partial charge in [0.15, 0.2) is 0 Å². The molecule has 0 unspecified atom stereocenters. The summed E-state index contributed by atoms with van der Waals surface area (Å²) in [5.74, 6) is -0.285. The first-order valence-electron chi connectivity index (χ1n) is 6.31. The predicted molar refractivity (Wildman–Crippen MR) is 77.7 cm³/mol. The predicted octanol–water partition coefficient (Wildman–Crippen LogP) is 3.65. The molecule has 0 rings (SSSR count). The molecule has 0 aliphatic heterocycles. The van der Waals surface area contributed by atoms with Gasteiger partial charge in [-0.3, -0.25) is 10.0 Å². The molecule has 0 atom stereocenters. The Morgan fingerprint density at radius 1 is 0.941 bits per heavy atom. The molecule has 17 heavy (non-hydrogen) atoms. The van der Waals surface area contributed by atoms with Gasteiger partial charge in [0, 0.05) is 10.6 Å². The van der Waals surface area contributed by atoms with Crippen molar-refractivity contribution in [2.75, 3.05) is 0 Å². The van der Waals surface area contributed by atoms with E-state index in [1.165, 1.54) is 32.1 Å². The summed E-state index contributed by atoms with van der Waals surface area (Å²) in [6.45, 7) is 0. The minimum Gasteiger partial charge on any atom is -0.289 e. The topological polar surface area (TPSA) is 49.3 Å². The van der Waals surface area contributed by atoms with Crippen molar-refractivity contribution in [2.24, 2.45) is 0 Å². The van der Waals surface area contributed by atoms with E-state index in [0.717, 1.165) is 29.9 Å². The molecule has 0 aliphatic carbocycles. The molecule has 1 amide bonds. The van der Waals surface area contributed by atoms with E-state index in [2.05, 4.69) is 12.6 Å². The quantitative estimate of drug-likeness (QED) is 0.178. The van der Waals surface area contributed by atoms with Gasteiger partial charge in [0.1, 0.15) is 0 Å². The van der Waals surface area contributed by atoms with Gasteiger partial charge in [0.25, 0.3) is 0 Å². The van der Waals surface area contributed by atoms with Gasteiger partial charge >= 0.3 is 0 Å². The van der Waals surface area contributed by atoms with E-state index in [9.17, 15) is 4.79 Å². The first-order valence-corrected chi connectivity index (χ1v) is 7.17. The minimum atomic E-state index is -0.285. The molecule has 0 spiro atoms. The molecular weight excluding hydrogens is 254 g/mol. The van der Waals surface area contributed by atoms with Crippen LogP contribution in [0.1, 0.15) is 64.2 Å². The number of unbranched alkanes of at least 4 members (excludes halogenated alkanes) is 7. The van der Waals surface area contributed by atoms with Gasteiger partial charge in [-0.15, -0.1) is 12.6 Å². The average molecular weight is 277 g/mol. The highest BCUT2D eigenvalue weighted by Crippen LogP contribution is 2.11. The van der Waals surface area contributed by atoms with Crippen molar-refractivity contribution in [3.05, 3.63) is 0 Å². The van der Waals surface area contributed by atoms with Crippen LogP contribution in [0.2, 0.25) is 0 Å². The minimum absolute atomic E-state index is 0.285. The molecule has 0 heterocycles. The highest BCUT2D eigenvalue weighted by molar-refractivity contribution is 8.11. The summed E-state index contributed by atoms with van der Waals surface area (Å²) in [6, 6.07) is 0. The molecule has 0 aromatic carbocycles. The first kappa shape index (κ1) is 16.9. The Kier molecular flexibility index (Phi) is 12.2. The first-order chi connectivity index (χ1) is 8.16. The fourth-order valence-electron chi connectivity index (χ4n) is 1.68. The van der Waals surface area contributed by atoms with Crippen molar-refractivity contribution in [1.29, 1.82) is 0 Å². The van der Waals surface area contributed by atoms with Crippen molar-refractivity contribution in [3.63, 3.8) is 0 Å². The van der Waals surface area contributed by atoms with E-state index in [1.54, 1.807) is 5.48 Å². The van der Waals surface area contributed by atoms with Crippen molar-refractivity contribution in [1.82, 2.24) is 5.48 Å². The molecule has 0 radical (unpaired) electrons. The lowest BCUT2D eigenvalue weighted by Gasteiger charge is -2.02. The van der Waals surface area contributed by atoms with Crippen LogP contribution in [-0.4, -0.2) is 15.3 Å². The fourth-order valence-corrected chi connectivity index (χ4v) is 1.98. The number of nitrogens with one attached hydrogen (secondary N) is 1. The standard InChI is InChI=1S/C12H23NO2S2/c14-11(13-15)9-7-5-3-1-2-4-6-8-10-12(16)17/h15H,1-10H2,(H,13,14)(H,16,17). The van der Waals surface area contributed by atoms with Crippen LogP contribution in [-0.2, 0) is 4.79 Å². The summed E-state index contributed by atoms with van der Waals surface area (Å²) in [4.78, 5) is 10.7. The van der Waals surface area contributed by atoms with E-state index in [0.29, 0.717) is 6.42 Å². The highest BCUT2D eigenvalue weighted by atomic mass is 32.1. The van der Waals surface area contributed by atoms with Crippen LogP contribution in [0.25, 0.3) is 0 Å². The summed E-state index contributed by atoms with van der Waals surface area (Å²) < 4.78 is 0.812. The third-order valence-electron chi connectivity index (χ3n) is 2.67. The summed E-state index contributed by atoms with van der Waals surface area (Å²) in [6.07, 6.45) is 10.6. The van der Waals surface area contributed by atoms with Gasteiger partial charge in [-0.2, -0.15) is 0 Å². The Hall–Kier alpha value is -0.130. The number of hydroxylamine groups is 1. The van der Waals surface area contributed by atoms with E-state index < -0.39 is 0 Å². The van der Waals surface area contributed by atoms with Gasteiger partial charge in [0.2, 0.25) is 5.91 Å². The largest absolute Gasteiger partial charge is 0.289 e. The lowest BCUT2D eigenvalue weighted by atomic mass is 10.1. The monoisotopic (exact) mass is 277 g/mol. The van der Waals surface area contributed by atoms with Crippen LogP contribution in [0.5, 0.6) is 0 Å². The van der Waals surface area contributed by atoms with Crippen LogP contribution in [0.15, 0.2) is 0 Å². The van der Waals surface area contributed by atoms with E-state index in [4.69, 9.17) is 17.4 Å². The van der Waals surface area contributed by atoms with Crippen molar-refractivity contribution in [3.8, 4) is 0 Å². The Bertz CT molecular complexity index is 223. The van der Waals surface area contributed by atoms with Gasteiger partial charge in [-0.25, -0.2) is 5.48 Å². The maximum absolute atomic E-state index is 10.7. The van der Waals surface area contributed by atoms with Crippen LogP contribution < -0.4 is 5.48 Å². The molecule has 0 saturated heterocycles. The zero-order valence-electron chi connectivity index (χ0n) is 10.3. The third kappa shape index (κ3) is 13.8. The number of carbonyl (C=O) groups excluding carboxylic acids is 1. The van der Waals surface area contributed by atoms with Crippen molar-refractivity contribution < 1.29 is 10.0 Å². The number of thiocarbonyl (C=S) groups is 1. The van der Waals surface area contributed by atoms with Crippen molar-refractivity contribution in [2.45, 2.75) is 64.2 Å².